The minimum absolute atomic E-state index is 0.0240. The van der Waals surface area contributed by atoms with Gasteiger partial charge in [0.2, 0.25) is 5.91 Å². The number of benzene rings is 1. The number of rotatable bonds is 5. The maximum Gasteiger partial charge on any atom is 0.221 e. The Kier molecular flexibility index (Phi) is 5.24. The highest BCUT2D eigenvalue weighted by Crippen LogP contribution is 2.20. The third kappa shape index (κ3) is 4.54. The largest absolute Gasteiger partial charge is 0.380 e. The molecule has 0 bridgehead atoms. The van der Waals surface area contributed by atoms with Gasteiger partial charge in [0.05, 0.1) is 11.6 Å². The lowest BCUT2D eigenvalue weighted by Crippen LogP contribution is -2.31. The summed E-state index contributed by atoms with van der Waals surface area (Å²) in [5.74, 6) is -1.89. The second-order valence-corrected chi connectivity index (χ2v) is 4.33. The van der Waals surface area contributed by atoms with Crippen molar-refractivity contribution in [3.63, 3.8) is 0 Å². The maximum atomic E-state index is 13.5. The normalized spacial score (nSPS) is 10.1. The Bertz CT molecular complexity index is 486. The first-order valence-corrected chi connectivity index (χ1v) is 5.86. The summed E-state index contributed by atoms with van der Waals surface area (Å²) in [6.45, 7) is 3.76. The molecule has 0 atom stereocenters. The van der Waals surface area contributed by atoms with E-state index < -0.39 is 11.6 Å². The molecule has 0 aliphatic carbocycles. The van der Waals surface area contributed by atoms with Crippen LogP contribution >= 0.6 is 0 Å². The highest BCUT2D eigenvalue weighted by Gasteiger charge is 2.11. The van der Waals surface area contributed by atoms with E-state index in [0.29, 0.717) is 0 Å². The molecule has 0 aliphatic heterocycles. The van der Waals surface area contributed by atoms with Crippen molar-refractivity contribution in [2.45, 2.75) is 26.3 Å². The molecule has 1 amide bonds. The zero-order valence-corrected chi connectivity index (χ0v) is 10.8. The number of anilines is 1. The minimum Gasteiger partial charge on any atom is -0.380 e. The summed E-state index contributed by atoms with van der Waals surface area (Å²) in [5.41, 5.74) is -0.408. The lowest BCUT2D eigenvalue weighted by molar-refractivity contribution is -0.121. The summed E-state index contributed by atoms with van der Waals surface area (Å²) in [5, 5.41) is 13.7. The van der Waals surface area contributed by atoms with Crippen LogP contribution in [0.25, 0.3) is 0 Å². The van der Waals surface area contributed by atoms with Gasteiger partial charge in [-0.25, -0.2) is 8.78 Å². The summed E-state index contributed by atoms with van der Waals surface area (Å²) in [6, 6.07) is 3.57. The van der Waals surface area contributed by atoms with E-state index in [2.05, 4.69) is 10.6 Å². The number of amides is 1. The van der Waals surface area contributed by atoms with Gasteiger partial charge in [0.1, 0.15) is 5.69 Å². The van der Waals surface area contributed by atoms with Crippen LogP contribution in [0.5, 0.6) is 0 Å². The number of carbonyl (C=O) groups is 1. The van der Waals surface area contributed by atoms with Gasteiger partial charge in [0.15, 0.2) is 11.6 Å². The van der Waals surface area contributed by atoms with Crippen molar-refractivity contribution >= 4 is 11.6 Å². The van der Waals surface area contributed by atoms with Crippen LogP contribution in [0.4, 0.5) is 14.5 Å². The lowest BCUT2D eigenvalue weighted by atomic mass is 10.2. The average molecular weight is 267 g/mol. The Labute approximate surface area is 110 Å². The summed E-state index contributed by atoms with van der Waals surface area (Å²) >= 11 is 0. The van der Waals surface area contributed by atoms with Crippen LogP contribution in [0.15, 0.2) is 12.1 Å². The number of hydrogen-bond acceptors (Lipinski definition) is 3. The number of halogens is 2. The number of hydrogen-bond donors (Lipinski definition) is 2. The molecular formula is C13H15F2N3O. The van der Waals surface area contributed by atoms with E-state index in [0.717, 1.165) is 12.1 Å². The first-order valence-electron chi connectivity index (χ1n) is 5.86. The topological polar surface area (TPSA) is 64.9 Å². The molecule has 0 aliphatic rings. The van der Waals surface area contributed by atoms with E-state index in [9.17, 15) is 13.6 Å². The number of nitrogens with one attached hydrogen (secondary N) is 2. The Morgan fingerprint density at radius 2 is 1.95 bits per heavy atom. The average Bonchev–Trinajstić information content (AvgIpc) is 2.31. The van der Waals surface area contributed by atoms with Gasteiger partial charge in [-0.2, -0.15) is 5.26 Å². The molecule has 0 heterocycles. The SMILES string of the molecule is CC(C)NC(=O)CCNc1c(F)cc(C#N)cc1F. The Balaban J connectivity index is 2.59. The van der Waals surface area contributed by atoms with Crippen LogP contribution in [0.3, 0.4) is 0 Å². The monoisotopic (exact) mass is 267 g/mol. The fourth-order valence-electron chi connectivity index (χ4n) is 1.50. The molecule has 0 fully saturated rings. The molecule has 2 N–H and O–H groups in total. The predicted octanol–water partition coefficient (Wildman–Crippen LogP) is 2.16. The van der Waals surface area contributed by atoms with Gasteiger partial charge in [-0.05, 0) is 26.0 Å². The van der Waals surface area contributed by atoms with Crippen molar-refractivity contribution < 1.29 is 13.6 Å². The standard InChI is InChI=1S/C13H15F2N3O/c1-8(2)18-12(19)3-4-17-13-10(14)5-9(7-16)6-11(13)15/h5-6,8,17H,3-4H2,1-2H3,(H,18,19). The van der Waals surface area contributed by atoms with Crippen LogP contribution in [0.1, 0.15) is 25.8 Å². The molecule has 6 heteroatoms. The Morgan fingerprint density at radius 1 is 1.37 bits per heavy atom. The van der Waals surface area contributed by atoms with Gasteiger partial charge in [-0.3, -0.25) is 4.79 Å². The van der Waals surface area contributed by atoms with Crippen molar-refractivity contribution in [3.8, 4) is 6.07 Å². The molecule has 1 rings (SSSR count). The summed E-state index contributed by atoms with van der Waals surface area (Å²) < 4.78 is 27.0. The number of nitriles is 1. The summed E-state index contributed by atoms with van der Waals surface area (Å²) in [7, 11) is 0. The quantitative estimate of drug-likeness (QED) is 0.859. The second kappa shape index (κ2) is 6.69. The second-order valence-electron chi connectivity index (χ2n) is 4.33. The van der Waals surface area contributed by atoms with E-state index in [4.69, 9.17) is 5.26 Å². The van der Waals surface area contributed by atoms with Crippen LogP contribution in [-0.2, 0) is 4.79 Å². The fraction of sp³-hybridized carbons (Fsp3) is 0.385. The van der Waals surface area contributed by atoms with Crippen LogP contribution in [0.2, 0.25) is 0 Å². The zero-order chi connectivity index (χ0) is 14.4. The molecule has 0 radical (unpaired) electrons. The Morgan fingerprint density at radius 3 is 2.42 bits per heavy atom. The number of carbonyl (C=O) groups excluding carboxylic acids is 1. The van der Waals surface area contributed by atoms with E-state index in [1.54, 1.807) is 6.07 Å². The first kappa shape index (κ1) is 14.9. The summed E-state index contributed by atoms with van der Waals surface area (Å²) in [6.07, 6.45) is 0.108. The van der Waals surface area contributed by atoms with Crippen molar-refractivity contribution in [1.82, 2.24) is 5.32 Å². The molecule has 0 aromatic heterocycles. The third-order valence-corrected chi connectivity index (χ3v) is 2.27. The van der Waals surface area contributed by atoms with Crippen LogP contribution in [-0.4, -0.2) is 18.5 Å². The van der Waals surface area contributed by atoms with Crippen molar-refractivity contribution in [1.29, 1.82) is 5.26 Å². The van der Waals surface area contributed by atoms with Gasteiger partial charge >= 0.3 is 0 Å². The van der Waals surface area contributed by atoms with Gasteiger partial charge < -0.3 is 10.6 Å². The highest BCUT2D eigenvalue weighted by molar-refractivity contribution is 5.76. The molecule has 1 aromatic rings. The highest BCUT2D eigenvalue weighted by atomic mass is 19.1. The van der Waals surface area contributed by atoms with Crippen molar-refractivity contribution in [2.24, 2.45) is 0 Å². The lowest BCUT2D eigenvalue weighted by Gasteiger charge is -2.11. The van der Waals surface area contributed by atoms with Gasteiger partial charge in [0.25, 0.3) is 0 Å². The summed E-state index contributed by atoms with van der Waals surface area (Å²) in [4.78, 5) is 11.3. The molecule has 0 saturated heterocycles. The van der Waals surface area contributed by atoms with Crippen molar-refractivity contribution in [3.05, 3.63) is 29.3 Å². The van der Waals surface area contributed by atoms with E-state index in [1.165, 1.54) is 0 Å². The minimum atomic E-state index is -0.846. The van der Waals surface area contributed by atoms with E-state index >= 15 is 0 Å². The van der Waals surface area contributed by atoms with Gasteiger partial charge in [-0.15, -0.1) is 0 Å². The van der Waals surface area contributed by atoms with Crippen molar-refractivity contribution in [2.75, 3.05) is 11.9 Å². The Hall–Kier alpha value is -2.16. The van der Waals surface area contributed by atoms with E-state index in [-0.39, 0.29) is 36.2 Å². The molecule has 102 valence electrons. The smallest absolute Gasteiger partial charge is 0.221 e. The fourth-order valence-corrected chi connectivity index (χ4v) is 1.50. The number of nitrogens with zero attached hydrogens (tertiary/aromatic N) is 1. The van der Waals surface area contributed by atoms with Gasteiger partial charge in [0, 0.05) is 19.0 Å². The van der Waals surface area contributed by atoms with Gasteiger partial charge in [-0.1, -0.05) is 0 Å². The molecule has 0 spiro atoms. The molecular weight excluding hydrogens is 252 g/mol. The molecule has 0 saturated carbocycles. The molecule has 1 aromatic carbocycles. The maximum absolute atomic E-state index is 13.5. The zero-order valence-electron chi connectivity index (χ0n) is 10.8. The predicted molar refractivity (Wildman–Crippen MR) is 67.5 cm³/mol. The first-order chi connectivity index (χ1) is 8.93. The van der Waals surface area contributed by atoms with E-state index in [1.807, 2.05) is 13.8 Å². The molecule has 0 unspecified atom stereocenters. The molecule has 19 heavy (non-hydrogen) atoms. The van der Waals surface area contributed by atoms with Crippen LogP contribution < -0.4 is 10.6 Å². The van der Waals surface area contributed by atoms with Crippen LogP contribution in [0, 0.1) is 23.0 Å². The third-order valence-electron chi connectivity index (χ3n) is 2.27. The molecule has 4 nitrogen and oxygen atoms in total.